The first-order valence-electron chi connectivity index (χ1n) is 8.56. The molecule has 1 N–H and O–H groups in total. The standard InChI is InChI=1S/C19H18N6O2/c1-13(23-27-10-9-26)16-6-7-18-19(21-16)25(24-22-18)12-14-4-5-17-15(11-14)3-2-8-20-17/h2-8,11,26H,9-10,12H2,1H3. The second kappa shape index (κ2) is 7.46. The summed E-state index contributed by atoms with van der Waals surface area (Å²) in [5, 5.41) is 22.2. The van der Waals surface area contributed by atoms with E-state index in [1.54, 1.807) is 17.8 Å². The van der Waals surface area contributed by atoms with Crippen LogP contribution in [0.1, 0.15) is 18.2 Å². The van der Waals surface area contributed by atoms with E-state index in [0.717, 1.165) is 16.5 Å². The minimum absolute atomic E-state index is 0.0821. The molecule has 0 radical (unpaired) electrons. The Balaban J connectivity index is 1.65. The minimum Gasteiger partial charge on any atom is -0.393 e. The highest BCUT2D eigenvalue weighted by molar-refractivity contribution is 5.97. The lowest BCUT2D eigenvalue weighted by molar-refractivity contribution is 0.0986. The molecule has 0 fully saturated rings. The highest BCUT2D eigenvalue weighted by Crippen LogP contribution is 2.16. The van der Waals surface area contributed by atoms with Crippen LogP contribution in [0.3, 0.4) is 0 Å². The fourth-order valence-electron chi connectivity index (χ4n) is 2.79. The van der Waals surface area contributed by atoms with Crippen LogP contribution in [0.2, 0.25) is 0 Å². The molecule has 4 aromatic rings. The molecule has 0 aliphatic rings. The fourth-order valence-corrected chi connectivity index (χ4v) is 2.79. The molecule has 0 aliphatic carbocycles. The van der Waals surface area contributed by atoms with Gasteiger partial charge in [0.2, 0.25) is 0 Å². The third-order valence-electron chi connectivity index (χ3n) is 4.11. The van der Waals surface area contributed by atoms with Crippen LogP contribution in [0.5, 0.6) is 0 Å². The zero-order valence-electron chi connectivity index (χ0n) is 14.8. The summed E-state index contributed by atoms with van der Waals surface area (Å²) < 4.78 is 1.76. The smallest absolute Gasteiger partial charge is 0.179 e. The second-order valence-electron chi connectivity index (χ2n) is 6.05. The van der Waals surface area contributed by atoms with E-state index in [1.807, 2.05) is 36.4 Å². The number of benzene rings is 1. The predicted octanol–water partition coefficient (Wildman–Crippen LogP) is 2.16. The number of nitrogens with zero attached hydrogens (tertiary/aromatic N) is 6. The van der Waals surface area contributed by atoms with E-state index in [-0.39, 0.29) is 13.2 Å². The van der Waals surface area contributed by atoms with Crippen LogP contribution >= 0.6 is 0 Å². The van der Waals surface area contributed by atoms with Gasteiger partial charge in [0.25, 0.3) is 0 Å². The van der Waals surface area contributed by atoms with Crippen molar-refractivity contribution >= 4 is 27.8 Å². The normalized spacial score (nSPS) is 12.0. The SMILES string of the molecule is CC(=NOCCO)c1ccc2nnn(Cc3ccc4ncccc4c3)c2n1. The molecule has 27 heavy (non-hydrogen) atoms. The lowest BCUT2D eigenvalue weighted by atomic mass is 10.1. The molecule has 0 spiro atoms. The van der Waals surface area contributed by atoms with Crippen molar-refractivity contribution in [2.75, 3.05) is 13.2 Å². The van der Waals surface area contributed by atoms with Crippen LogP contribution in [0.4, 0.5) is 0 Å². The van der Waals surface area contributed by atoms with Crippen LogP contribution in [0, 0.1) is 0 Å². The van der Waals surface area contributed by atoms with Crippen molar-refractivity contribution in [1.82, 2.24) is 25.0 Å². The van der Waals surface area contributed by atoms with Crippen molar-refractivity contribution in [3.8, 4) is 0 Å². The molecule has 0 atom stereocenters. The first kappa shape index (κ1) is 17.0. The molecule has 0 saturated heterocycles. The number of fused-ring (bicyclic) bond motifs is 2. The summed E-state index contributed by atoms with van der Waals surface area (Å²) in [6.07, 6.45) is 1.78. The molecular formula is C19H18N6O2. The number of rotatable bonds is 6. The lowest BCUT2D eigenvalue weighted by Crippen LogP contribution is -2.06. The molecule has 1 aromatic carbocycles. The minimum atomic E-state index is -0.0821. The van der Waals surface area contributed by atoms with Gasteiger partial charge in [0, 0.05) is 11.6 Å². The van der Waals surface area contributed by atoms with Gasteiger partial charge >= 0.3 is 0 Å². The molecular weight excluding hydrogens is 344 g/mol. The van der Waals surface area contributed by atoms with Crippen LogP contribution in [0.15, 0.2) is 53.8 Å². The summed E-state index contributed by atoms with van der Waals surface area (Å²) in [5.41, 5.74) is 4.73. The lowest BCUT2D eigenvalue weighted by Gasteiger charge is -2.05. The molecule has 0 unspecified atom stereocenters. The predicted molar refractivity (Wildman–Crippen MR) is 101 cm³/mol. The van der Waals surface area contributed by atoms with Crippen LogP contribution < -0.4 is 0 Å². The van der Waals surface area contributed by atoms with E-state index in [0.29, 0.717) is 29.1 Å². The Bertz CT molecular complexity index is 1120. The van der Waals surface area contributed by atoms with Gasteiger partial charge in [-0.15, -0.1) is 5.10 Å². The first-order chi connectivity index (χ1) is 13.2. The average molecular weight is 362 g/mol. The molecule has 0 amide bonds. The molecule has 8 heteroatoms. The number of hydrogen-bond acceptors (Lipinski definition) is 7. The van der Waals surface area contributed by atoms with Gasteiger partial charge in [0.05, 0.1) is 24.4 Å². The van der Waals surface area contributed by atoms with E-state index >= 15 is 0 Å². The Labute approximate surface area is 155 Å². The summed E-state index contributed by atoms with van der Waals surface area (Å²) in [7, 11) is 0. The van der Waals surface area contributed by atoms with Crippen LogP contribution in [-0.2, 0) is 11.4 Å². The van der Waals surface area contributed by atoms with Gasteiger partial charge in [-0.25, -0.2) is 9.67 Å². The van der Waals surface area contributed by atoms with Gasteiger partial charge in [0.1, 0.15) is 17.8 Å². The molecule has 0 aliphatic heterocycles. The van der Waals surface area contributed by atoms with Crippen molar-refractivity contribution < 1.29 is 9.94 Å². The van der Waals surface area contributed by atoms with Gasteiger partial charge in [-0.3, -0.25) is 4.98 Å². The average Bonchev–Trinajstić information content (AvgIpc) is 3.10. The van der Waals surface area contributed by atoms with Gasteiger partial charge in [0.15, 0.2) is 5.65 Å². The maximum atomic E-state index is 8.77. The van der Waals surface area contributed by atoms with Gasteiger partial charge in [-0.2, -0.15) is 0 Å². The molecule has 3 aromatic heterocycles. The zero-order valence-corrected chi connectivity index (χ0v) is 14.8. The third kappa shape index (κ3) is 3.61. The van der Waals surface area contributed by atoms with E-state index in [2.05, 4.69) is 31.5 Å². The fraction of sp³-hybridized carbons (Fsp3) is 0.211. The number of pyridine rings is 2. The van der Waals surface area contributed by atoms with E-state index in [1.165, 1.54) is 0 Å². The highest BCUT2D eigenvalue weighted by atomic mass is 16.6. The summed E-state index contributed by atoms with van der Waals surface area (Å²) >= 11 is 0. The number of aromatic nitrogens is 5. The molecule has 4 rings (SSSR count). The topological polar surface area (TPSA) is 98.3 Å². The van der Waals surface area contributed by atoms with Crippen molar-refractivity contribution in [2.24, 2.45) is 5.16 Å². The number of hydrogen-bond donors (Lipinski definition) is 1. The molecule has 0 saturated carbocycles. The quantitative estimate of drug-likeness (QED) is 0.321. The molecule has 136 valence electrons. The Morgan fingerprint density at radius 3 is 2.96 bits per heavy atom. The van der Waals surface area contributed by atoms with Gasteiger partial charge < -0.3 is 9.94 Å². The van der Waals surface area contributed by atoms with Crippen molar-refractivity contribution in [3.05, 3.63) is 59.9 Å². The zero-order chi connectivity index (χ0) is 18.6. The highest BCUT2D eigenvalue weighted by Gasteiger charge is 2.10. The maximum absolute atomic E-state index is 8.77. The van der Waals surface area contributed by atoms with E-state index in [4.69, 9.17) is 9.94 Å². The third-order valence-corrected chi connectivity index (χ3v) is 4.11. The Morgan fingerprint density at radius 1 is 1.19 bits per heavy atom. The summed E-state index contributed by atoms with van der Waals surface area (Å²) in [5.74, 6) is 0. The number of aliphatic hydroxyl groups excluding tert-OH is 1. The van der Waals surface area contributed by atoms with Crippen LogP contribution in [-0.4, -0.2) is 49.0 Å². The summed E-state index contributed by atoms with van der Waals surface area (Å²) in [6.45, 7) is 2.42. The van der Waals surface area contributed by atoms with Crippen molar-refractivity contribution in [3.63, 3.8) is 0 Å². The summed E-state index contributed by atoms with van der Waals surface area (Å²) in [6, 6.07) is 13.8. The monoisotopic (exact) mass is 362 g/mol. The first-order valence-corrected chi connectivity index (χ1v) is 8.56. The molecule has 8 nitrogen and oxygen atoms in total. The maximum Gasteiger partial charge on any atom is 0.179 e. The van der Waals surface area contributed by atoms with Gasteiger partial charge in [-0.1, -0.05) is 22.5 Å². The van der Waals surface area contributed by atoms with E-state index in [9.17, 15) is 0 Å². The molecule has 0 bridgehead atoms. The number of oxime groups is 1. The van der Waals surface area contributed by atoms with E-state index < -0.39 is 0 Å². The summed E-state index contributed by atoms with van der Waals surface area (Å²) in [4.78, 5) is 14.0. The Kier molecular flexibility index (Phi) is 4.71. The van der Waals surface area contributed by atoms with Crippen molar-refractivity contribution in [2.45, 2.75) is 13.5 Å². The van der Waals surface area contributed by atoms with Crippen molar-refractivity contribution in [1.29, 1.82) is 0 Å². The number of aliphatic hydroxyl groups is 1. The van der Waals surface area contributed by atoms with Gasteiger partial charge in [-0.05, 0) is 42.8 Å². The second-order valence-corrected chi connectivity index (χ2v) is 6.05. The molecule has 3 heterocycles. The largest absolute Gasteiger partial charge is 0.393 e. The Morgan fingerprint density at radius 2 is 2.07 bits per heavy atom. The van der Waals surface area contributed by atoms with Crippen LogP contribution in [0.25, 0.3) is 22.1 Å². The Hall–Kier alpha value is -3.39.